The molecule has 1 saturated heterocycles. The molecule has 12 nitrogen and oxygen atoms in total. The zero-order chi connectivity index (χ0) is 37.8. The largest absolute Gasteiger partial charge is 0.345 e. The minimum absolute atomic E-state index is 0.0898. The van der Waals surface area contributed by atoms with Gasteiger partial charge in [-0.1, -0.05) is 84.9 Å². The summed E-state index contributed by atoms with van der Waals surface area (Å²) in [4.78, 5) is 58.4. The minimum atomic E-state index is -0.422. The quantitative estimate of drug-likeness (QED) is 0.133. The average Bonchev–Trinajstić information content (AvgIpc) is 3.98. The first-order valence-electron chi connectivity index (χ1n) is 18.2. The summed E-state index contributed by atoms with van der Waals surface area (Å²) in [5, 5.41) is 3.09. The normalized spacial score (nSPS) is 16.1. The van der Waals surface area contributed by atoms with Gasteiger partial charge in [0.25, 0.3) is 0 Å². The Morgan fingerprint density at radius 1 is 0.704 bits per heavy atom. The second kappa shape index (κ2) is 15.9. The first kappa shape index (κ1) is 36.4. The molecule has 1 aliphatic heterocycles. The molecule has 0 spiro atoms. The first-order valence-corrected chi connectivity index (χ1v) is 18.2. The van der Waals surface area contributed by atoms with E-state index in [1.54, 1.807) is 18.6 Å². The molecule has 1 fully saturated rings. The van der Waals surface area contributed by atoms with Gasteiger partial charge in [-0.05, 0) is 64.6 Å². The number of hydrogen-bond acceptors (Lipinski definition) is 8. The molecule has 6 aromatic rings. The molecule has 276 valence electrons. The van der Waals surface area contributed by atoms with E-state index in [0.717, 1.165) is 52.3 Å². The van der Waals surface area contributed by atoms with Crippen LogP contribution < -0.4 is 5.32 Å². The van der Waals surface area contributed by atoms with Gasteiger partial charge in [0.2, 0.25) is 11.8 Å². The number of nitrogens with zero attached hydrogens (tertiary/aromatic N) is 7. The van der Waals surface area contributed by atoms with E-state index in [-0.39, 0.29) is 29.9 Å². The summed E-state index contributed by atoms with van der Waals surface area (Å²) < 4.78 is 0. The highest BCUT2D eigenvalue weighted by Gasteiger charge is 2.37. The summed E-state index contributed by atoms with van der Waals surface area (Å²) in [7, 11) is 7.68. The Labute approximate surface area is 315 Å². The van der Waals surface area contributed by atoms with Crippen LogP contribution in [0.2, 0.25) is 0 Å². The standard InChI is InChI=1S/C42H46N10O2/c1-27(47-41(53)37(50(2)3)30-13-8-6-9-14-30)39-45-26-35(49-39)34-25-43-32(23-44-34)28-18-20-29(21-19-28)33-24-46-40(48-33)36-17-12-22-52(36)42(54)38(51(4)5)31-15-10-7-11-16-31/h6-11,13-16,18-21,23-27,36-38H,12,17,22H2,1-5H3,(H,45,49)(H,46,48)(H,47,53)/t27?,36-,37+,38+/m0/s1. The summed E-state index contributed by atoms with van der Waals surface area (Å²) in [5.41, 5.74) is 6.81. The van der Waals surface area contributed by atoms with E-state index in [9.17, 15) is 9.59 Å². The van der Waals surface area contributed by atoms with Crippen molar-refractivity contribution in [3.05, 3.63) is 132 Å². The molecule has 54 heavy (non-hydrogen) atoms. The molecule has 0 aliphatic carbocycles. The molecule has 0 bridgehead atoms. The number of imidazole rings is 2. The van der Waals surface area contributed by atoms with Gasteiger partial charge in [0.15, 0.2) is 0 Å². The predicted molar refractivity (Wildman–Crippen MR) is 209 cm³/mol. The average molecular weight is 723 g/mol. The van der Waals surface area contributed by atoms with Gasteiger partial charge in [0.1, 0.15) is 29.4 Å². The minimum Gasteiger partial charge on any atom is -0.345 e. The Bertz CT molecular complexity index is 2160. The van der Waals surface area contributed by atoms with E-state index >= 15 is 0 Å². The third-order valence-corrected chi connectivity index (χ3v) is 9.98. The maximum Gasteiger partial charge on any atom is 0.245 e. The molecule has 3 aromatic heterocycles. The molecule has 12 heteroatoms. The van der Waals surface area contributed by atoms with E-state index in [1.165, 1.54) is 0 Å². The summed E-state index contributed by atoms with van der Waals surface area (Å²) in [6, 6.07) is 26.5. The van der Waals surface area contributed by atoms with Gasteiger partial charge in [-0.2, -0.15) is 0 Å². The van der Waals surface area contributed by atoms with Crippen molar-refractivity contribution in [3.63, 3.8) is 0 Å². The number of amides is 2. The van der Waals surface area contributed by atoms with Crippen LogP contribution in [0.5, 0.6) is 0 Å². The third-order valence-electron chi connectivity index (χ3n) is 9.98. The Morgan fingerprint density at radius 2 is 1.30 bits per heavy atom. The van der Waals surface area contributed by atoms with Gasteiger partial charge < -0.3 is 20.2 Å². The van der Waals surface area contributed by atoms with Gasteiger partial charge in [-0.15, -0.1) is 0 Å². The van der Waals surface area contributed by atoms with Crippen molar-refractivity contribution in [2.45, 2.75) is 43.9 Å². The number of hydrogen-bond donors (Lipinski definition) is 3. The zero-order valence-corrected chi connectivity index (χ0v) is 31.3. The molecule has 0 radical (unpaired) electrons. The van der Waals surface area contributed by atoms with Crippen LogP contribution in [0, 0.1) is 0 Å². The molecule has 2 amide bonds. The Kier molecular flexibility index (Phi) is 10.7. The van der Waals surface area contributed by atoms with Crippen molar-refractivity contribution in [1.29, 1.82) is 0 Å². The highest BCUT2D eigenvalue weighted by molar-refractivity contribution is 5.84. The molecular weight excluding hydrogens is 677 g/mol. The fraction of sp³-hybridized carbons (Fsp3) is 0.286. The van der Waals surface area contributed by atoms with Crippen LogP contribution in [-0.4, -0.2) is 91.2 Å². The number of aromatic nitrogens is 6. The second-order valence-electron chi connectivity index (χ2n) is 14.2. The van der Waals surface area contributed by atoms with Gasteiger partial charge in [0, 0.05) is 12.1 Å². The topological polar surface area (TPSA) is 139 Å². The van der Waals surface area contributed by atoms with Gasteiger partial charge in [0.05, 0.1) is 54.0 Å². The number of carbonyl (C=O) groups is 2. The fourth-order valence-corrected chi connectivity index (χ4v) is 7.23. The Morgan fingerprint density at radius 3 is 1.93 bits per heavy atom. The molecule has 4 heterocycles. The molecule has 3 aromatic carbocycles. The SMILES string of the molecule is CC(NC(=O)[C@@H](c1ccccc1)N(C)C)c1ncc(-c2cnc(-c3ccc(-c4cnc([C@@H]5CCCN5C(=O)[C@@H](c5ccccc5)N(C)C)[nH]4)cc3)cn2)[nH]1. The van der Waals surface area contributed by atoms with Gasteiger partial charge in [-0.25, -0.2) is 9.97 Å². The van der Waals surface area contributed by atoms with Crippen LogP contribution in [0.4, 0.5) is 0 Å². The highest BCUT2D eigenvalue weighted by Crippen LogP contribution is 2.35. The number of H-pyrrole nitrogens is 2. The van der Waals surface area contributed by atoms with Crippen molar-refractivity contribution in [2.75, 3.05) is 34.7 Å². The molecule has 7 rings (SSSR count). The molecule has 1 aliphatic rings. The second-order valence-corrected chi connectivity index (χ2v) is 14.2. The van der Waals surface area contributed by atoms with E-state index < -0.39 is 6.04 Å². The number of carbonyl (C=O) groups excluding carboxylic acids is 2. The summed E-state index contributed by atoms with van der Waals surface area (Å²) >= 11 is 0. The third kappa shape index (κ3) is 7.71. The number of likely N-dealkylation sites (N-methyl/N-ethyl adjacent to an activating group) is 2. The summed E-state index contributed by atoms with van der Waals surface area (Å²) in [6.45, 7) is 2.61. The van der Waals surface area contributed by atoms with Crippen LogP contribution in [0.1, 0.15) is 66.7 Å². The fourth-order valence-electron chi connectivity index (χ4n) is 7.23. The van der Waals surface area contributed by atoms with Crippen LogP contribution in [0.3, 0.4) is 0 Å². The van der Waals surface area contributed by atoms with Crippen LogP contribution in [-0.2, 0) is 9.59 Å². The van der Waals surface area contributed by atoms with Gasteiger partial charge in [-0.3, -0.25) is 29.4 Å². The van der Waals surface area contributed by atoms with Gasteiger partial charge >= 0.3 is 0 Å². The lowest BCUT2D eigenvalue weighted by Crippen LogP contribution is -2.40. The molecule has 4 atom stereocenters. The molecule has 3 N–H and O–H groups in total. The number of likely N-dealkylation sites (tertiary alicyclic amines) is 1. The van der Waals surface area contributed by atoms with Crippen molar-refractivity contribution >= 4 is 11.8 Å². The first-order chi connectivity index (χ1) is 26.2. The maximum absolute atomic E-state index is 13.9. The lowest BCUT2D eigenvalue weighted by atomic mass is 10.0. The molecule has 0 saturated carbocycles. The number of aromatic amines is 2. The number of benzene rings is 3. The summed E-state index contributed by atoms with van der Waals surface area (Å²) in [5.74, 6) is 1.41. The lowest BCUT2D eigenvalue weighted by molar-refractivity contribution is -0.137. The maximum atomic E-state index is 13.9. The van der Waals surface area contributed by atoms with Crippen molar-refractivity contribution in [1.82, 2.24) is 49.9 Å². The number of nitrogens with one attached hydrogen (secondary N) is 3. The lowest BCUT2D eigenvalue weighted by Gasteiger charge is -2.31. The monoisotopic (exact) mass is 722 g/mol. The summed E-state index contributed by atoms with van der Waals surface area (Å²) in [6.07, 6.45) is 8.81. The van der Waals surface area contributed by atoms with E-state index in [2.05, 4.69) is 30.2 Å². The van der Waals surface area contributed by atoms with E-state index in [0.29, 0.717) is 23.8 Å². The molecular formula is C42H46N10O2. The highest BCUT2D eigenvalue weighted by atomic mass is 16.2. The van der Waals surface area contributed by atoms with E-state index in [4.69, 9.17) is 4.98 Å². The molecule has 1 unspecified atom stereocenters. The predicted octanol–water partition coefficient (Wildman–Crippen LogP) is 6.37. The zero-order valence-electron chi connectivity index (χ0n) is 31.3. The van der Waals surface area contributed by atoms with Crippen molar-refractivity contribution in [3.8, 4) is 33.9 Å². The van der Waals surface area contributed by atoms with Crippen molar-refractivity contribution in [2.24, 2.45) is 0 Å². The van der Waals surface area contributed by atoms with Crippen LogP contribution >= 0.6 is 0 Å². The van der Waals surface area contributed by atoms with E-state index in [1.807, 2.05) is 141 Å². The number of rotatable bonds is 12. The Balaban J connectivity index is 0.992. The smallest absolute Gasteiger partial charge is 0.245 e. The van der Waals surface area contributed by atoms with Crippen LogP contribution in [0.25, 0.3) is 33.9 Å². The Hall–Kier alpha value is -5.98. The van der Waals surface area contributed by atoms with Crippen LogP contribution in [0.15, 0.2) is 110 Å². The van der Waals surface area contributed by atoms with Crippen molar-refractivity contribution < 1.29 is 9.59 Å².